The summed E-state index contributed by atoms with van der Waals surface area (Å²) in [5, 5.41) is 4.29. The molecule has 5 nitrogen and oxygen atoms in total. The van der Waals surface area contributed by atoms with E-state index in [9.17, 15) is 0 Å². The van der Waals surface area contributed by atoms with Gasteiger partial charge in [0.1, 0.15) is 0 Å². The molecule has 0 aliphatic heterocycles. The molecule has 0 spiro atoms. The van der Waals surface area contributed by atoms with Gasteiger partial charge in [-0.3, -0.25) is 4.98 Å². The molecule has 0 saturated heterocycles. The third-order valence-electron chi connectivity index (χ3n) is 2.85. The van der Waals surface area contributed by atoms with Crippen LogP contribution in [-0.4, -0.2) is 15.0 Å². The van der Waals surface area contributed by atoms with Crippen molar-refractivity contribution in [1.82, 2.24) is 15.0 Å². The molecule has 0 aliphatic rings. The van der Waals surface area contributed by atoms with Crippen LogP contribution in [0, 0.1) is 0 Å². The number of nitrogens with zero attached hydrogens (tertiary/aromatic N) is 3. The molecule has 19 heavy (non-hydrogen) atoms. The van der Waals surface area contributed by atoms with Gasteiger partial charge in [0.2, 0.25) is 0 Å². The number of anilines is 2. The van der Waals surface area contributed by atoms with Gasteiger partial charge in [0.25, 0.3) is 0 Å². The highest BCUT2D eigenvalue weighted by Gasteiger charge is 2.01. The van der Waals surface area contributed by atoms with Gasteiger partial charge in [0.05, 0.1) is 5.52 Å². The number of aromatic nitrogens is 3. The fourth-order valence-electron chi connectivity index (χ4n) is 1.91. The van der Waals surface area contributed by atoms with Crippen molar-refractivity contribution in [3.63, 3.8) is 0 Å². The van der Waals surface area contributed by atoms with Gasteiger partial charge < -0.3 is 11.1 Å². The Hall–Kier alpha value is -2.69. The minimum Gasteiger partial charge on any atom is -0.381 e. The van der Waals surface area contributed by atoms with Crippen LogP contribution in [0.4, 0.5) is 11.6 Å². The SMILES string of the molecule is Nc1nccnc1NCc1ccc2ncccc2c1. The number of benzene rings is 1. The molecule has 0 saturated carbocycles. The summed E-state index contributed by atoms with van der Waals surface area (Å²) in [5.41, 5.74) is 7.86. The lowest BCUT2D eigenvalue weighted by atomic mass is 10.1. The molecule has 0 amide bonds. The molecule has 2 aromatic heterocycles. The van der Waals surface area contributed by atoms with Crippen molar-refractivity contribution in [2.45, 2.75) is 6.54 Å². The van der Waals surface area contributed by atoms with Crippen molar-refractivity contribution in [2.24, 2.45) is 0 Å². The van der Waals surface area contributed by atoms with Gasteiger partial charge in [0.15, 0.2) is 11.6 Å². The van der Waals surface area contributed by atoms with E-state index in [4.69, 9.17) is 5.73 Å². The summed E-state index contributed by atoms with van der Waals surface area (Å²) in [6.45, 7) is 0.647. The molecule has 3 N–H and O–H groups in total. The van der Waals surface area contributed by atoms with Gasteiger partial charge in [-0.15, -0.1) is 0 Å². The number of pyridine rings is 1. The van der Waals surface area contributed by atoms with Crippen molar-refractivity contribution in [1.29, 1.82) is 0 Å². The highest BCUT2D eigenvalue weighted by Crippen LogP contribution is 2.15. The van der Waals surface area contributed by atoms with Gasteiger partial charge in [-0.05, 0) is 23.8 Å². The zero-order valence-electron chi connectivity index (χ0n) is 10.2. The number of fused-ring (bicyclic) bond motifs is 1. The number of hydrogen-bond donors (Lipinski definition) is 2. The maximum absolute atomic E-state index is 5.73. The smallest absolute Gasteiger partial charge is 0.169 e. The van der Waals surface area contributed by atoms with Crippen LogP contribution in [0.2, 0.25) is 0 Å². The average molecular weight is 251 g/mol. The minimum atomic E-state index is 0.407. The lowest BCUT2D eigenvalue weighted by Gasteiger charge is -2.07. The molecule has 0 aliphatic carbocycles. The van der Waals surface area contributed by atoms with E-state index < -0.39 is 0 Å². The summed E-state index contributed by atoms with van der Waals surface area (Å²) in [4.78, 5) is 12.4. The van der Waals surface area contributed by atoms with Gasteiger partial charge in [-0.25, -0.2) is 9.97 Å². The first kappa shape index (κ1) is 11.4. The summed E-state index contributed by atoms with van der Waals surface area (Å²) in [7, 11) is 0. The molecule has 0 atom stereocenters. The molecular formula is C14H13N5. The van der Waals surface area contributed by atoms with Crippen LogP contribution in [0.1, 0.15) is 5.56 Å². The highest BCUT2D eigenvalue weighted by molar-refractivity contribution is 5.79. The summed E-state index contributed by atoms with van der Waals surface area (Å²) >= 11 is 0. The maximum Gasteiger partial charge on any atom is 0.169 e. The van der Waals surface area contributed by atoms with E-state index in [1.165, 1.54) is 0 Å². The Kier molecular flexibility index (Phi) is 2.94. The first-order valence-electron chi connectivity index (χ1n) is 5.97. The fourth-order valence-corrected chi connectivity index (χ4v) is 1.91. The summed E-state index contributed by atoms with van der Waals surface area (Å²) < 4.78 is 0. The molecule has 5 heteroatoms. The predicted octanol–water partition coefficient (Wildman–Crippen LogP) is 2.22. The Morgan fingerprint density at radius 1 is 1.00 bits per heavy atom. The number of nitrogens with two attached hydrogens (primary N) is 1. The Bertz CT molecular complexity index is 711. The van der Waals surface area contributed by atoms with Gasteiger partial charge in [-0.2, -0.15) is 0 Å². The zero-order valence-corrected chi connectivity index (χ0v) is 10.2. The summed E-state index contributed by atoms with van der Waals surface area (Å²) in [6, 6.07) is 10.1. The van der Waals surface area contributed by atoms with E-state index in [0.717, 1.165) is 16.5 Å². The normalized spacial score (nSPS) is 10.5. The standard InChI is InChI=1S/C14H13N5/c15-13-14(18-7-6-17-13)19-9-10-3-4-12-11(8-10)2-1-5-16-12/h1-8H,9H2,(H2,15,17)(H,18,19). The van der Waals surface area contributed by atoms with Gasteiger partial charge in [-0.1, -0.05) is 12.1 Å². The second-order valence-corrected chi connectivity index (χ2v) is 4.17. The lowest BCUT2D eigenvalue weighted by Crippen LogP contribution is -2.05. The first-order valence-corrected chi connectivity index (χ1v) is 5.97. The molecule has 0 unspecified atom stereocenters. The third kappa shape index (κ3) is 2.44. The van der Waals surface area contributed by atoms with E-state index in [-0.39, 0.29) is 0 Å². The maximum atomic E-state index is 5.73. The molecule has 3 rings (SSSR count). The monoisotopic (exact) mass is 251 g/mol. The number of rotatable bonds is 3. The second-order valence-electron chi connectivity index (χ2n) is 4.17. The van der Waals surface area contributed by atoms with Crippen LogP contribution in [-0.2, 0) is 6.54 Å². The Balaban J connectivity index is 1.80. The molecule has 94 valence electrons. The summed E-state index contributed by atoms with van der Waals surface area (Å²) in [5.74, 6) is 1.01. The van der Waals surface area contributed by atoms with E-state index in [0.29, 0.717) is 18.2 Å². The molecule has 1 aromatic carbocycles. The molecule has 3 aromatic rings. The number of nitrogen functional groups attached to an aromatic ring is 1. The predicted molar refractivity (Wildman–Crippen MR) is 75.5 cm³/mol. The Morgan fingerprint density at radius 2 is 1.89 bits per heavy atom. The molecular weight excluding hydrogens is 238 g/mol. The Labute approximate surface area is 110 Å². The van der Waals surface area contributed by atoms with Crippen LogP contribution in [0.25, 0.3) is 10.9 Å². The van der Waals surface area contributed by atoms with E-state index in [1.807, 2.05) is 24.3 Å². The van der Waals surface area contributed by atoms with E-state index in [2.05, 4.69) is 26.3 Å². The van der Waals surface area contributed by atoms with Crippen LogP contribution in [0.3, 0.4) is 0 Å². The van der Waals surface area contributed by atoms with Gasteiger partial charge >= 0.3 is 0 Å². The average Bonchev–Trinajstić information content (AvgIpc) is 2.46. The van der Waals surface area contributed by atoms with E-state index in [1.54, 1.807) is 18.6 Å². The van der Waals surface area contributed by atoms with Crippen LogP contribution in [0.15, 0.2) is 48.9 Å². The largest absolute Gasteiger partial charge is 0.381 e. The summed E-state index contributed by atoms with van der Waals surface area (Å²) in [6.07, 6.45) is 4.98. The van der Waals surface area contributed by atoms with Crippen LogP contribution in [0.5, 0.6) is 0 Å². The zero-order chi connectivity index (χ0) is 13.1. The van der Waals surface area contributed by atoms with Gasteiger partial charge in [0, 0.05) is 30.5 Å². The number of nitrogens with one attached hydrogen (secondary N) is 1. The van der Waals surface area contributed by atoms with Crippen molar-refractivity contribution in [3.05, 3.63) is 54.5 Å². The molecule has 0 bridgehead atoms. The minimum absolute atomic E-state index is 0.407. The fraction of sp³-hybridized carbons (Fsp3) is 0.0714. The molecule has 2 heterocycles. The van der Waals surface area contributed by atoms with Crippen molar-refractivity contribution in [3.8, 4) is 0 Å². The number of hydrogen-bond acceptors (Lipinski definition) is 5. The highest BCUT2D eigenvalue weighted by atomic mass is 15.0. The van der Waals surface area contributed by atoms with Crippen molar-refractivity contribution >= 4 is 22.5 Å². The van der Waals surface area contributed by atoms with Crippen LogP contribution >= 0.6 is 0 Å². The molecule has 0 fully saturated rings. The second kappa shape index (κ2) is 4.89. The Morgan fingerprint density at radius 3 is 2.79 bits per heavy atom. The van der Waals surface area contributed by atoms with Crippen molar-refractivity contribution < 1.29 is 0 Å². The third-order valence-corrected chi connectivity index (χ3v) is 2.85. The molecule has 0 radical (unpaired) electrons. The quantitative estimate of drug-likeness (QED) is 0.746. The van der Waals surface area contributed by atoms with E-state index >= 15 is 0 Å². The van der Waals surface area contributed by atoms with Crippen LogP contribution < -0.4 is 11.1 Å². The van der Waals surface area contributed by atoms with Crippen molar-refractivity contribution in [2.75, 3.05) is 11.1 Å². The lowest BCUT2D eigenvalue weighted by molar-refractivity contribution is 1.09. The first-order chi connectivity index (χ1) is 9.33. The topological polar surface area (TPSA) is 76.7 Å².